The van der Waals surface area contributed by atoms with Gasteiger partial charge in [-0.15, -0.1) is 0 Å². The van der Waals surface area contributed by atoms with Gasteiger partial charge in [0.2, 0.25) is 5.91 Å². The molecule has 1 aliphatic rings. The Labute approximate surface area is 103 Å². The Morgan fingerprint density at radius 3 is 2.76 bits per heavy atom. The molecule has 17 heavy (non-hydrogen) atoms. The van der Waals surface area contributed by atoms with Crippen LogP contribution in [0.25, 0.3) is 0 Å². The molecule has 0 unspecified atom stereocenters. The molecule has 1 amide bonds. The van der Waals surface area contributed by atoms with Crippen LogP contribution in [0.3, 0.4) is 0 Å². The molecule has 1 aliphatic carbocycles. The van der Waals surface area contributed by atoms with E-state index in [9.17, 15) is 4.79 Å². The fourth-order valence-electron chi connectivity index (χ4n) is 1.85. The first-order valence-corrected chi connectivity index (χ1v) is 6.12. The molecule has 0 aromatic heterocycles. The highest BCUT2D eigenvalue weighted by atomic mass is 16.3. The summed E-state index contributed by atoms with van der Waals surface area (Å²) in [4.78, 5) is 11.6. The molecule has 0 radical (unpaired) electrons. The smallest absolute Gasteiger partial charge is 0.244 e. The van der Waals surface area contributed by atoms with E-state index in [1.165, 1.54) is 0 Å². The van der Waals surface area contributed by atoms with Gasteiger partial charge in [-0.2, -0.15) is 0 Å². The van der Waals surface area contributed by atoms with Crippen molar-refractivity contribution in [3.8, 4) is 0 Å². The highest BCUT2D eigenvalue weighted by Crippen LogP contribution is 2.16. The van der Waals surface area contributed by atoms with Gasteiger partial charge < -0.3 is 10.4 Å². The van der Waals surface area contributed by atoms with Gasteiger partial charge in [0, 0.05) is 24.6 Å². The lowest BCUT2D eigenvalue weighted by atomic mass is 10.1. The minimum atomic E-state index is -0.0777. The number of rotatable bonds is 5. The van der Waals surface area contributed by atoms with Crippen molar-refractivity contribution in [2.45, 2.75) is 32.7 Å². The van der Waals surface area contributed by atoms with E-state index in [4.69, 9.17) is 5.11 Å². The van der Waals surface area contributed by atoms with Gasteiger partial charge in [-0.25, -0.2) is 0 Å². The summed E-state index contributed by atoms with van der Waals surface area (Å²) >= 11 is 0. The van der Waals surface area contributed by atoms with Crippen molar-refractivity contribution in [2.24, 2.45) is 5.92 Å². The quantitative estimate of drug-likeness (QED) is 0.435. The topological polar surface area (TPSA) is 49.3 Å². The molecule has 3 nitrogen and oxygen atoms in total. The van der Waals surface area contributed by atoms with Crippen molar-refractivity contribution in [1.29, 1.82) is 0 Å². The van der Waals surface area contributed by atoms with E-state index in [-0.39, 0.29) is 24.5 Å². The third-order valence-corrected chi connectivity index (χ3v) is 2.96. The predicted molar refractivity (Wildman–Crippen MR) is 69.5 cm³/mol. The van der Waals surface area contributed by atoms with Crippen molar-refractivity contribution in [3.05, 3.63) is 36.0 Å². The lowest BCUT2D eigenvalue weighted by Gasteiger charge is -2.10. The second kappa shape index (κ2) is 7.07. The van der Waals surface area contributed by atoms with Crippen LogP contribution in [0.15, 0.2) is 36.0 Å². The number of nitrogens with one attached hydrogen (secondary N) is 1. The zero-order valence-electron chi connectivity index (χ0n) is 10.5. The molecular weight excluding hydrogens is 214 g/mol. The molecule has 0 saturated heterocycles. The number of hydrogen-bond donors (Lipinski definition) is 2. The zero-order valence-corrected chi connectivity index (χ0v) is 10.5. The standard InChI is InChI=1S/C14H21NO2/c1-3-11(4-2)6-8-14(17)15-13-7-5-12(9-13)10-16/h3,5-8,12-13,16H,4,9-10H2,1-2H3,(H,15,17)/t12-,13+/m0/s1. The normalized spacial score (nSPS) is 24.5. The summed E-state index contributed by atoms with van der Waals surface area (Å²) in [6, 6.07) is 0.0555. The molecule has 0 aromatic carbocycles. The fourth-order valence-corrected chi connectivity index (χ4v) is 1.85. The number of aliphatic hydroxyl groups excluding tert-OH is 1. The molecule has 0 spiro atoms. The molecule has 0 saturated carbocycles. The number of carbonyl (C=O) groups is 1. The van der Waals surface area contributed by atoms with Gasteiger partial charge in [-0.05, 0) is 19.8 Å². The van der Waals surface area contributed by atoms with Gasteiger partial charge in [0.25, 0.3) is 0 Å². The highest BCUT2D eigenvalue weighted by Gasteiger charge is 2.18. The molecule has 2 N–H and O–H groups in total. The number of amides is 1. The van der Waals surface area contributed by atoms with E-state index in [1.807, 2.05) is 31.2 Å². The van der Waals surface area contributed by atoms with E-state index in [0.29, 0.717) is 0 Å². The summed E-state index contributed by atoms with van der Waals surface area (Å²) in [6.07, 6.45) is 11.0. The molecule has 0 fully saturated rings. The third-order valence-electron chi connectivity index (χ3n) is 2.96. The Balaban J connectivity index is 2.38. The second-order valence-corrected chi connectivity index (χ2v) is 4.23. The minimum Gasteiger partial charge on any atom is -0.396 e. The van der Waals surface area contributed by atoms with Gasteiger partial charge in [0.15, 0.2) is 0 Å². The summed E-state index contributed by atoms with van der Waals surface area (Å²) in [5, 5.41) is 11.9. The summed E-state index contributed by atoms with van der Waals surface area (Å²) in [5.41, 5.74) is 1.15. The number of hydrogen-bond acceptors (Lipinski definition) is 2. The van der Waals surface area contributed by atoms with Crippen LogP contribution in [0.2, 0.25) is 0 Å². The summed E-state index contributed by atoms with van der Waals surface area (Å²) in [5.74, 6) is 0.108. The van der Waals surface area contributed by atoms with Crippen LogP contribution in [0.5, 0.6) is 0 Å². The van der Waals surface area contributed by atoms with Crippen molar-refractivity contribution < 1.29 is 9.90 Å². The lowest BCUT2D eigenvalue weighted by molar-refractivity contribution is -0.116. The summed E-state index contributed by atoms with van der Waals surface area (Å²) in [7, 11) is 0. The molecule has 2 atom stereocenters. The van der Waals surface area contributed by atoms with Crippen LogP contribution in [0.4, 0.5) is 0 Å². The first-order chi connectivity index (χ1) is 8.19. The maximum Gasteiger partial charge on any atom is 0.244 e. The molecular formula is C14H21NO2. The Kier molecular flexibility index (Phi) is 5.70. The van der Waals surface area contributed by atoms with E-state index >= 15 is 0 Å². The SMILES string of the molecule is CC=C(C=CC(=O)N[C@@H]1C=C[C@H](CO)C1)CC. The largest absolute Gasteiger partial charge is 0.396 e. The van der Waals surface area contributed by atoms with Crippen molar-refractivity contribution in [2.75, 3.05) is 6.61 Å². The first-order valence-electron chi connectivity index (χ1n) is 6.12. The minimum absolute atomic E-state index is 0.0555. The van der Waals surface area contributed by atoms with Crippen molar-refractivity contribution in [1.82, 2.24) is 5.32 Å². The van der Waals surface area contributed by atoms with Gasteiger partial charge in [0.05, 0.1) is 0 Å². The monoisotopic (exact) mass is 235 g/mol. The van der Waals surface area contributed by atoms with E-state index in [2.05, 4.69) is 12.2 Å². The van der Waals surface area contributed by atoms with Crippen LogP contribution in [0.1, 0.15) is 26.7 Å². The van der Waals surface area contributed by atoms with Crippen molar-refractivity contribution >= 4 is 5.91 Å². The van der Waals surface area contributed by atoms with Crippen LogP contribution >= 0.6 is 0 Å². The summed E-state index contributed by atoms with van der Waals surface area (Å²) < 4.78 is 0. The number of carbonyl (C=O) groups excluding carboxylic acids is 1. The lowest BCUT2D eigenvalue weighted by Crippen LogP contribution is -2.31. The summed E-state index contributed by atoms with van der Waals surface area (Å²) in [6.45, 7) is 4.17. The van der Waals surface area contributed by atoms with Crippen LogP contribution in [0, 0.1) is 5.92 Å². The van der Waals surface area contributed by atoms with Gasteiger partial charge in [-0.1, -0.05) is 36.8 Å². The molecule has 0 bridgehead atoms. The van der Waals surface area contributed by atoms with E-state index < -0.39 is 0 Å². The Morgan fingerprint density at radius 1 is 1.47 bits per heavy atom. The second-order valence-electron chi connectivity index (χ2n) is 4.23. The zero-order chi connectivity index (χ0) is 12.7. The predicted octanol–water partition coefficient (Wildman–Crippen LogP) is 1.95. The average molecular weight is 235 g/mol. The third kappa shape index (κ3) is 4.57. The maximum atomic E-state index is 11.6. The highest BCUT2D eigenvalue weighted by molar-refractivity contribution is 5.88. The van der Waals surface area contributed by atoms with Crippen LogP contribution in [-0.4, -0.2) is 23.7 Å². The molecule has 1 rings (SSSR count). The molecule has 94 valence electrons. The van der Waals surface area contributed by atoms with E-state index in [0.717, 1.165) is 18.4 Å². The molecule has 0 heterocycles. The van der Waals surface area contributed by atoms with E-state index in [1.54, 1.807) is 6.08 Å². The van der Waals surface area contributed by atoms with Crippen LogP contribution in [-0.2, 0) is 4.79 Å². The van der Waals surface area contributed by atoms with Crippen molar-refractivity contribution in [3.63, 3.8) is 0 Å². The first kappa shape index (κ1) is 13.7. The Hall–Kier alpha value is -1.35. The number of aliphatic hydroxyl groups is 1. The fraction of sp³-hybridized carbons (Fsp3) is 0.500. The Bertz CT molecular complexity index is 342. The molecule has 0 aromatic rings. The molecule has 3 heteroatoms. The average Bonchev–Trinajstić information content (AvgIpc) is 2.78. The molecule has 0 aliphatic heterocycles. The van der Waals surface area contributed by atoms with Gasteiger partial charge >= 0.3 is 0 Å². The number of allylic oxidation sites excluding steroid dienone is 3. The Morgan fingerprint density at radius 2 is 2.24 bits per heavy atom. The van der Waals surface area contributed by atoms with Gasteiger partial charge in [0.1, 0.15) is 0 Å². The van der Waals surface area contributed by atoms with Gasteiger partial charge in [-0.3, -0.25) is 4.79 Å². The van der Waals surface area contributed by atoms with Crippen LogP contribution < -0.4 is 5.32 Å². The maximum absolute atomic E-state index is 11.6.